The largest absolute Gasteiger partial charge is 0.493 e. The molecule has 2 heterocycles. The molecule has 0 aliphatic carbocycles. The second-order valence-corrected chi connectivity index (χ2v) is 8.69. The Morgan fingerprint density at radius 3 is 2.71 bits per heavy atom. The maximum Gasteiger partial charge on any atom is 0.307 e. The van der Waals surface area contributed by atoms with Crippen molar-refractivity contribution in [3.8, 4) is 16.9 Å². The lowest BCUT2D eigenvalue weighted by Gasteiger charge is -2.32. The maximum atomic E-state index is 14.8. The Hall–Kier alpha value is -3.81. The number of fused-ring (bicyclic) bond motifs is 1. The summed E-state index contributed by atoms with van der Waals surface area (Å²) in [5.74, 6) is -0.774. The third kappa shape index (κ3) is 5.48. The Morgan fingerprint density at radius 2 is 2.00 bits per heavy atom. The van der Waals surface area contributed by atoms with Gasteiger partial charge in [0.25, 0.3) is 0 Å². The molecule has 7 nitrogen and oxygen atoms in total. The number of rotatable bonds is 8. The predicted octanol–water partition coefficient (Wildman–Crippen LogP) is 4.39. The van der Waals surface area contributed by atoms with Crippen molar-refractivity contribution in [1.29, 1.82) is 0 Å². The first-order valence-electron chi connectivity index (χ1n) is 11.7. The van der Waals surface area contributed by atoms with Crippen LogP contribution in [0.25, 0.3) is 11.1 Å². The van der Waals surface area contributed by atoms with Crippen molar-refractivity contribution >= 4 is 11.9 Å². The van der Waals surface area contributed by atoms with Crippen LogP contribution in [0.1, 0.15) is 48.6 Å². The normalized spacial score (nSPS) is 13.7. The lowest BCUT2D eigenvalue weighted by atomic mass is 9.89. The number of carboxylic acids is 1. The molecule has 182 valence electrons. The van der Waals surface area contributed by atoms with Crippen molar-refractivity contribution in [1.82, 2.24) is 14.9 Å². The van der Waals surface area contributed by atoms with Gasteiger partial charge in [0.2, 0.25) is 5.91 Å². The Morgan fingerprint density at radius 1 is 1.17 bits per heavy atom. The smallest absolute Gasteiger partial charge is 0.307 e. The number of aliphatic carboxylic acids is 1. The van der Waals surface area contributed by atoms with E-state index in [0.29, 0.717) is 42.0 Å². The maximum absolute atomic E-state index is 14.8. The molecule has 0 bridgehead atoms. The molecule has 4 rings (SSSR count). The highest BCUT2D eigenvalue weighted by Crippen LogP contribution is 2.38. The van der Waals surface area contributed by atoms with E-state index in [9.17, 15) is 19.1 Å². The summed E-state index contributed by atoms with van der Waals surface area (Å²) in [7, 11) is 0. The van der Waals surface area contributed by atoms with Crippen LogP contribution in [0.4, 0.5) is 4.39 Å². The number of carbonyl (C=O) groups is 2. The van der Waals surface area contributed by atoms with Crippen LogP contribution < -0.4 is 4.74 Å². The van der Waals surface area contributed by atoms with E-state index in [-0.39, 0.29) is 37.0 Å². The minimum absolute atomic E-state index is 0.0336. The van der Waals surface area contributed by atoms with E-state index >= 15 is 0 Å². The highest BCUT2D eigenvalue weighted by molar-refractivity contribution is 5.80. The Bertz CT molecular complexity index is 1230. The molecule has 1 N–H and O–H groups in total. The fraction of sp³-hybridized carbons (Fsp3) is 0.333. The third-order valence-electron chi connectivity index (χ3n) is 6.27. The van der Waals surface area contributed by atoms with E-state index in [1.54, 1.807) is 47.8 Å². The van der Waals surface area contributed by atoms with Crippen LogP contribution in [0.15, 0.2) is 48.9 Å². The number of hydrogen-bond acceptors (Lipinski definition) is 5. The summed E-state index contributed by atoms with van der Waals surface area (Å²) in [6.45, 7) is 4.93. The summed E-state index contributed by atoms with van der Waals surface area (Å²) in [6, 6.07) is 8.38. The first-order chi connectivity index (χ1) is 16.9. The summed E-state index contributed by atoms with van der Waals surface area (Å²) >= 11 is 0. The molecule has 1 amide bonds. The van der Waals surface area contributed by atoms with Gasteiger partial charge in [-0.1, -0.05) is 19.1 Å². The Labute approximate surface area is 203 Å². The summed E-state index contributed by atoms with van der Waals surface area (Å²) < 4.78 is 20.6. The van der Waals surface area contributed by atoms with Crippen LogP contribution in [-0.2, 0) is 29.0 Å². The molecular formula is C27H28FN3O4. The van der Waals surface area contributed by atoms with Gasteiger partial charge in [-0.25, -0.2) is 4.39 Å². The van der Waals surface area contributed by atoms with Crippen molar-refractivity contribution in [2.24, 2.45) is 0 Å². The number of amides is 1. The van der Waals surface area contributed by atoms with Gasteiger partial charge in [0.15, 0.2) is 0 Å². The number of aromatic nitrogens is 2. The van der Waals surface area contributed by atoms with Crippen molar-refractivity contribution in [3.63, 3.8) is 0 Å². The number of ether oxygens (including phenoxy) is 1. The third-order valence-corrected chi connectivity index (χ3v) is 6.27. The average Bonchev–Trinajstić information content (AvgIpc) is 2.85. The molecule has 2 aromatic carbocycles. The van der Waals surface area contributed by atoms with Crippen molar-refractivity contribution < 1.29 is 23.8 Å². The molecule has 1 aliphatic rings. The minimum Gasteiger partial charge on any atom is -0.493 e. The van der Waals surface area contributed by atoms with Gasteiger partial charge in [-0.2, -0.15) is 0 Å². The molecule has 35 heavy (non-hydrogen) atoms. The lowest BCUT2D eigenvalue weighted by Crippen LogP contribution is -2.37. The fourth-order valence-corrected chi connectivity index (χ4v) is 4.51. The van der Waals surface area contributed by atoms with Gasteiger partial charge in [0.1, 0.15) is 11.6 Å². The number of carboxylic acid groups (broad SMARTS) is 1. The van der Waals surface area contributed by atoms with Crippen molar-refractivity contribution in [2.45, 2.75) is 45.6 Å². The van der Waals surface area contributed by atoms with E-state index in [4.69, 9.17) is 4.74 Å². The molecule has 1 unspecified atom stereocenters. The van der Waals surface area contributed by atoms with Gasteiger partial charge < -0.3 is 14.7 Å². The number of carbonyl (C=O) groups excluding carboxylic acids is 1. The van der Waals surface area contributed by atoms with Gasteiger partial charge in [-0.15, -0.1) is 0 Å². The quantitative estimate of drug-likeness (QED) is 0.517. The molecular weight excluding hydrogens is 449 g/mol. The topological polar surface area (TPSA) is 92.6 Å². The second kappa shape index (κ2) is 10.6. The Balaban J connectivity index is 1.66. The summed E-state index contributed by atoms with van der Waals surface area (Å²) in [6.07, 6.45) is 5.41. The molecule has 1 aromatic heterocycles. The van der Waals surface area contributed by atoms with Gasteiger partial charge in [-0.3, -0.25) is 19.6 Å². The predicted molar refractivity (Wildman–Crippen MR) is 129 cm³/mol. The fourth-order valence-electron chi connectivity index (χ4n) is 4.51. The van der Waals surface area contributed by atoms with Gasteiger partial charge in [0.05, 0.1) is 18.7 Å². The average molecular weight is 478 g/mol. The molecule has 0 spiro atoms. The first kappa shape index (κ1) is 24.3. The zero-order valence-electron chi connectivity index (χ0n) is 19.8. The van der Waals surface area contributed by atoms with Crippen LogP contribution in [0.3, 0.4) is 0 Å². The lowest BCUT2D eigenvalue weighted by molar-refractivity contribution is -0.136. The zero-order valence-corrected chi connectivity index (χ0v) is 19.8. The van der Waals surface area contributed by atoms with Crippen molar-refractivity contribution in [3.05, 3.63) is 77.1 Å². The van der Waals surface area contributed by atoms with Crippen LogP contribution in [0.5, 0.6) is 5.75 Å². The van der Waals surface area contributed by atoms with Gasteiger partial charge in [-0.05, 0) is 53.8 Å². The van der Waals surface area contributed by atoms with E-state index in [1.165, 1.54) is 6.07 Å². The zero-order chi connectivity index (χ0) is 24.9. The van der Waals surface area contributed by atoms with Crippen molar-refractivity contribution in [2.75, 3.05) is 13.2 Å². The Kier molecular flexibility index (Phi) is 7.39. The molecule has 0 fully saturated rings. The van der Waals surface area contributed by atoms with E-state index in [2.05, 4.69) is 9.97 Å². The molecule has 8 heteroatoms. The molecule has 0 radical (unpaired) electrons. The van der Waals surface area contributed by atoms with Crippen LogP contribution >= 0.6 is 0 Å². The number of hydrogen-bond donors (Lipinski definition) is 1. The number of nitrogens with zero attached hydrogens (tertiary/aromatic N) is 3. The summed E-state index contributed by atoms with van der Waals surface area (Å²) in [5.41, 5.74) is 4.13. The summed E-state index contributed by atoms with van der Waals surface area (Å²) in [5, 5.41) is 9.25. The second-order valence-electron chi connectivity index (χ2n) is 8.69. The highest BCUT2D eigenvalue weighted by atomic mass is 19.1. The molecule has 0 saturated carbocycles. The van der Waals surface area contributed by atoms with Crippen LogP contribution in [0.2, 0.25) is 0 Å². The highest BCUT2D eigenvalue weighted by Gasteiger charge is 2.27. The van der Waals surface area contributed by atoms with E-state index < -0.39 is 5.97 Å². The molecule has 1 atom stereocenters. The van der Waals surface area contributed by atoms with E-state index in [0.717, 1.165) is 16.8 Å². The van der Waals surface area contributed by atoms with E-state index in [1.807, 2.05) is 13.8 Å². The van der Waals surface area contributed by atoms with Crippen LogP contribution in [0, 0.1) is 5.82 Å². The molecule has 0 saturated heterocycles. The SMILES string of the molecule is CCOc1ccc(CC(=O)O)cc1-c1ccc(F)c2c1CN(C(=O)CC(C)c1cnccn1)CC2. The molecule has 1 aliphatic heterocycles. The standard InChI is InChI=1S/C27H28FN3O4/c1-3-35-25-7-4-18(14-27(33)34)13-21(25)19-5-6-23(28)20-8-11-31(16-22(19)20)26(32)12-17(2)24-15-29-9-10-30-24/h4-7,9-10,13,15,17H,3,8,11-12,14,16H2,1-2H3,(H,33,34). The molecule has 3 aromatic rings. The minimum atomic E-state index is -0.935. The van der Waals surface area contributed by atoms with Gasteiger partial charge >= 0.3 is 5.97 Å². The number of halogens is 1. The first-order valence-corrected chi connectivity index (χ1v) is 11.7. The van der Waals surface area contributed by atoms with Crippen LogP contribution in [-0.4, -0.2) is 45.0 Å². The summed E-state index contributed by atoms with van der Waals surface area (Å²) in [4.78, 5) is 34.6. The van der Waals surface area contributed by atoms with Gasteiger partial charge in [0, 0.05) is 49.6 Å². The number of benzene rings is 2. The monoisotopic (exact) mass is 477 g/mol.